The summed E-state index contributed by atoms with van der Waals surface area (Å²) in [6, 6.07) is 10.1. The van der Waals surface area contributed by atoms with Gasteiger partial charge in [-0.25, -0.2) is 9.78 Å². The number of carbonyl (C=O) groups excluding carboxylic acids is 1. The summed E-state index contributed by atoms with van der Waals surface area (Å²) in [4.78, 5) is 15.4. The zero-order valence-electron chi connectivity index (χ0n) is 14.2. The van der Waals surface area contributed by atoms with Crippen molar-refractivity contribution in [3.8, 4) is 17.0 Å². The highest BCUT2D eigenvalue weighted by Crippen LogP contribution is 2.46. The molecule has 5 heteroatoms. The van der Waals surface area contributed by atoms with Gasteiger partial charge in [-0.05, 0) is 41.2 Å². The normalized spacial score (nSPS) is 18.5. The van der Waals surface area contributed by atoms with Gasteiger partial charge < -0.3 is 15.2 Å². The number of aromatic nitrogens is 1. The predicted molar refractivity (Wildman–Crippen MR) is 91.7 cm³/mol. The van der Waals surface area contributed by atoms with Gasteiger partial charge in [0.15, 0.2) is 0 Å². The average Bonchev–Trinajstić information content (AvgIpc) is 2.57. The standard InChI is InChI=1S/C19H22N2O3/c1-19(2)8-6-14-10-12(13-7-9-21-16(11-13)23-3)4-5-15(14)17(19)24-18(20)22/h4-5,7,9-11,17H,6,8H2,1-3H3,(H2,20,22). The Morgan fingerprint density at radius 3 is 2.71 bits per heavy atom. The molecule has 1 aromatic carbocycles. The maximum absolute atomic E-state index is 11.3. The highest BCUT2D eigenvalue weighted by Gasteiger charge is 2.38. The third kappa shape index (κ3) is 3.07. The van der Waals surface area contributed by atoms with Crippen LogP contribution in [0.3, 0.4) is 0 Å². The van der Waals surface area contributed by atoms with Gasteiger partial charge in [-0.2, -0.15) is 0 Å². The lowest BCUT2D eigenvalue weighted by Crippen LogP contribution is -2.33. The number of ether oxygens (including phenoxy) is 2. The molecule has 3 rings (SSSR count). The van der Waals surface area contributed by atoms with Crippen LogP contribution in [-0.4, -0.2) is 18.2 Å². The molecule has 1 atom stereocenters. The molecule has 1 aliphatic carbocycles. The number of rotatable bonds is 3. The van der Waals surface area contributed by atoms with E-state index in [4.69, 9.17) is 15.2 Å². The molecule has 126 valence electrons. The van der Waals surface area contributed by atoms with E-state index < -0.39 is 6.09 Å². The molecule has 24 heavy (non-hydrogen) atoms. The molecule has 1 aliphatic rings. The van der Waals surface area contributed by atoms with Crippen molar-refractivity contribution in [3.63, 3.8) is 0 Å². The van der Waals surface area contributed by atoms with Gasteiger partial charge in [-0.1, -0.05) is 32.0 Å². The molecular formula is C19H22N2O3. The van der Waals surface area contributed by atoms with Crippen LogP contribution in [0.2, 0.25) is 0 Å². The van der Waals surface area contributed by atoms with Crippen LogP contribution >= 0.6 is 0 Å². The van der Waals surface area contributed by atoms with Crippen molar-refractivity contribution in [2.24, 2.45) is 11.1 Å². The molecule has 1 heterocycles. The lowest BCUT2D eigenvalue weighted by Gasteiger charge is -2.39. The van der Waals surface area contributed by atoms with Crippen LogP contribution < -0.4 is 10.5 Å². The minimum Gasteiger partial charge on any atom is -0.481 e. The van der Waals surface area contributed by atoms with Gasteiger partial charge in [-0.15, -0.1) is 0 Å². The Morgan fingerprint density at radius 1 is 1.25 bits per heavy atom. The number of hydrogen-bond donors (Lipinski definition) is 1. The van der Waals surface area contributed by atoms with Crippen molar-refractivity contribution in [1.29, 1.82) is 0 Å². The third-order valence-corrected chi connectivity index (χ3v) is 4.69. The summed E-state index contributed by atoms with van der Waals surface area (Å²) in [5.74, 6) is 0.585. The number of primary amides is 1. The topological polar surface area (TPSA) is 74.4 Å². The first-order valence-corrected chi connectivity index (χ1v) is 8.00. The van der Waals surface area contributed by atoms with E-state index in [0.29, 0.717) is 5.88 Å². The summed E-state index contributed by atoms with van der Waals surface area (Å²) in [5, 5.41) is 0. The van der Waals surface area contributed by atoms with Crippen LogP contribution in [0.5, 0.6) is 5.88 Å². The third-order valence-electron chi connectivity index (χ3n) is 4.69. The minimum atomic E-state index is -0.733. The molecule has 0 saturated heterocycles. The molecule has 0 fully saturated rings. The highest BCUT2D eigenvalue weighted by molar-refractivity contribution is 5.67. The van der Waals surface area contributed by atoms with Crippen LogP contribution in [0.15, 0.2) is 36.5 Å². The van der Waals surface area contributed by atoms with E-state index in [9.17, 15) is 4.79 Å². The summed E-state index contributed by atoms with van der Waals surface area (Å²) in [6.07, 6.45) is 2.55. The predicted octanol–water partition coefficient (Wildman–Crippen LogP) is 3.87. The Kier molecular flexibility index (Phi) is 4.18. The maximum Gasteiger partial charge on any atom is 0.405 e. The van der Waals surface area contributed by atoms with Crippen molar-refractivity contribution in [2.75, 3.05) is 7.11 Å². The first kappa shape index (κ1) is 16.3. The molecule has 2 N–H and O–H groups in total. The quantitative estimate of drug-likeness (QED) is 0.929. The van der Waals surface area contributed by atoms with E-state index in [2.05, 4.69) is 24.9 Å². The fraction of sp³-hybridized carbons (Fsp3) is 0.368. The lowest BCUT2D eigenvalue weighted by molar-refractivity contribution is 0.0147. The number of nitrogens with zero attached hydrogens (tertiary/aromatic N) is 1. The van der Waals surface area contributed by atoms with Crippen molar-refractivity contribution in [1.82, 2.24) is 4.98 Å². The zero-order chi connectivity index (χ0) is 17.3. The molecule has 0 aliphatic heterocycles. The van der Waals surface area contributed by atoms with Gasteiger partial charge >= 0.3 is 6.09 Å². The number of fused-ring (bicyclic) bond motifs is 1. The van der Waals surface area contributed by atoms with E-state index in [0.717, 1.165) is 29.5 Å². The summed E-state index contributed by atoms with van der Waals surface area (Å²) in [7, 11) is 1.60. The monoisotopic (exact) mass is 326 g/mol. The molecule has 2 aromatic rings. The molecule has 0 saturated carbocycles. The van der Waals surface area contributed by atoms with E-state index in [1.54, 1.807) is 13.3 Å². The van der Waals surface area contributed by atoms with E-state index in [1.165, 1.54) is 5.56 Å². The van der Waals surface area contributed by atoms with Gasteiger partial charge in [0.1, 0.15) is 6.10 Å². The van der Waals surface area contributed by atoms with Crippen molar-refractivity contribution < 1.29 is 14.3 Å². The number of nitrogens with two attached hydrogens (primary N) is 1. The molecule has 0 spiro atoms. The second-order valence-corrected chi connectivity index (χ2v) is 6.81. The van der Waals surface area contributed by atoms with Crippen LogP contribution in [0.1, 0.15) is 37.5 Å². The molecule has 5 nitrogen and oxygen atoms in total. The largest absolute Gasteiger partial charge is 0.481 e. The molecular weight excluding hydrogens is 304 g/mol. The minimum absolute atomic E-state index is 0.135. The Morgan fingerprint density at radius 2 is 2.00 bits per heavy atom. The van der Waals surface area contributed by atoms with E-state index >= 15 is 0 Å². The van der Waals surface area contributed by atoms with E-state index in [-0.39, 0.29) is 11.5 Å². The maximum atomic E-state index is 11.3. The van der Waals surface area contributed by atoms with Crippen LogP contribution in [-0.2, 0) is 11.2 Å². The fourth-order valence-electron chi connectivity index (χ4n) is 3.31. The van der Waals surface area contributed by atoms with Gasteiger partial charge in [0.2, 0.25) is 5.88 Å². The first-order chi connectivity index (χ1) is 11.4. The summed E-state index contributed by atoms with van der Waals surface area (Å²) in [5.41, 5.74) is 9.50. The number of pyridine rings is 1. The number of hydrogen-bond acceptors (Lipinski definition) is 4. The molecule has 0 radical (unpaired) electrons. The van der Waals surface area contributed by atoms with Gasteiger partial charge in [0.25, 0.3) is 0 Å². The lowest BCUT2D eigenvalue weighted by atomic mass is 9.71. The second kappa shape index (κ2) is 6.15. The zero-order valence-corrected chi connectivity index (χ0v) is 14.2. The van der Waals surface area contributed by atoms with Gasteiger partial charge in [-0.3, -0.25) is 0 Å². The molecule has 1 aromatic heterocycles. The summed E-state index contributed by atoms with van der Waals surface area (Å²) >= 11 is 0. The molecule has 1 amide bonds. The van der Waals surface area contributed by atoms with Gasteiger partial charge in [0.05, 0.1) is 7.11 Å². The van der Waals surface area contributed by atoms with E-state index in [1.807, 2.05) is 24.3 Å². The SMILES string of the molecule is COc1cc(-c2ccc3c(c2)CCC(C)(C)C3OC(N)=O)ccn1. The average molecular weight is 326 g/mol. The van der Waals surface area contributed by atoms with Crippen molar-refractivity contribution in [3.05, 3.63) is 47.7 Å². The number of aryl methyl sites for hydroxylation is 1. The highest BCUT2D eigenvalue weighted by atomic mass is 16.6. The van der Waals surface area contributed by atoms with Crippen LogP contribution in [0, 0.1) is 5.41 Å². The number of carbonyl (C=O) groups is 1. The van der Waals surface area contributed by atoms with Crippen molar-refractivity contribution in [2.45, 2.75) is 32.8 Å². The summed E-state index contributed by atoms with van der Waals surface area (Å²) < 4.78 is 10.6. The number of amides is 1. The number of methoxy groups -OCH3 is 1. The Hall–Kier alpha value is -2.56. The first-order valence-electron chi connectivity index (χ1n) is 8.00. The smallest absolute Gasteiger partial charge is 0.405 e. The Labute approximate surface area is 141 Å². The van der Waals surface area contributed by atoms with Crippen molar-refractivity contribution >= 4 is 6.09 Å². The summed E-state index contributed by atoms with van der Waals surface area (Å²) in [6.45, 7) is 4.20. The molecule has 0 bridgehead atoms. The van der Waals surface area contributed by atoms with Gasteiger partial charge in [0, 0.05) is 17.7 Å². The fourth-order valence-corrected chi connectivity index (χ4v) is 3.31. The Bertz CT molecular complexity index is 771. The molecule has 1 unspecified atom stereocenters. The Balaban J connectivity index is 2.00. The van der Waals surface area contributed by atoms with Crippen LogP contribution in [0.4, 0.5) is 4.79 Å². The second-order valence-electron chi connectivity index (χ2n) is 6.81. The number of benzene rings is 1. The van der Waals surface area contributed by atoms with Crippen LogP contribution in [0.25, 0.3) is 11.1 Å².